The third kappa shape index (κ3) is 3.08. The molecule has 1 aliphatic rings. The second kappa shape index (κ2) is 5.71. The van der Waals surface area contributed by atoms with Crippen molar-refractivity contribution in [3.8, 4) is 5.75 Å². The smallest absolute Gasteiger partial charge is 0.291 e. The molecule has 0 spiro atoms. The van der Waals surface area contributed by atoms with Gasteiger partial charge >= 0.3 is 0 Å². The van der Waals surface area contributed by atoms with Crippen molar-refractivity contribution in [1.82, 2.24) is 4.72 Å². The van der Waals surface area contributed by atoms with Crippen molar-refractivity contribution in [1.29, 1.82) is 0 Å². The molecule has 1 aliphatic heterocycles. The summed E-state index contributed by atoms with van der Waals surface area (Å²) < 4.78 is 36.0. The highest BCUT2D eigenvalue weighted by atomic mass is 32.2. The summed E-state index contributed by atoms with van der Waals surface area (Å²) in [5.74, 6) is 0.217. The Hall–Kier alpha value is -2.32. The average Bonchev–Trinajstić information content (AvgIpc) is 3.12. The number of amides is 1. The van der Waals surface area contributed by atoms with Gasteiger partial charge in [0.15, 0.2) is 5.76 Å². The Morgan fingerprint density at radius 2 is 2.04 bits per heavy atom. The number of nitrogens with one attached hydrogen (secondary N) is 2. The lowest BCUT2D eigenvalue weighted by Gasteiger charge is -2.05. The van der Waals surface area contributed by atoms with E-state index in [4.69, 9.17) is 9.15 Å². The number of carbonyl (C=O) groups excluding carboxylic acids is 1. The Morgan fingerprint density at radius 3 is 2.78 bits per heavy atom. The topological polar surface area (TPSA) is 97.6 Å². The third-order valence-corrected chi connectivity index (χ3v) is 4.78. The van der Waals surface area contributed by atoms with Crippen LogP contribution >= 0.6 is 0 Å². The molecule has 0 radical (unpaired) electrons. The number of furan rings is 1. The molecule has 1 amide bonds. The average molecular weight is 336 g/mol. The number of hydrogen-bond donors (Lipinski definition) is 2. The van der Waals surface area contributed by atoms with Crippen molar-refractivity contribution in [2.24, 2.45) is 0 Å². The summed E-state index contributed by atoms with van der Waals surface area (Å²) in [6.07, 6.45) is 0.903. The summed E-state index contributed by atoms with van der Waals surface area (Å²) in [4.78, 5) is 12.2. The van der Waals surface area contributed by atoms with E-state index in [-0.39, 0.29) is 17.0 Å². The first kappa shape index (κ1) is 15.6. The summed E-state index contributed by atoms with van der Waals surface area (Å²) in [5, 5.41) is 2.38. The number of carbonyl (C=O) groups is 1. The first-order valence-corrected chi connectivity index (χ1v) is 8.51. The number of benzene rings is 1. The van der Waals surface area contributed by atoms with Crippen LogP contribution < -0.4 is 14.8 Å². The summed E-state index contributed by atoms with van der Waals surface area (Å²) in [6.45, 7) is 1.98. The fourth-order valence-corrected chi connectivity index (χ4v) is 3.03. The molecule has 0 aliphatic carbocycles. The predicted octanol–water partition coefficient (Wildman–Crippen LogP) is 1.76. The number of ether oxygens (including phenoxy) is 1. The van der Waals surface area contributed by atoms with Crippen LogP contribution in [0.4, 0.5) is 5.69 Å². The molecule has 1 unspecified atom stereocenters. The van der Waals surface area contributed by atoms with Gasteiger partial charge in [-0.3, -0.25) is 4.79 Å². The zero-order valence-corrected chi connectivity index (χ0v) is 13.4. The number of anilines is 1. The van der Waals surface area contributed by atoms with E-state index in [9.17, 15) is 13.2 Å². The van der Waals surface area contributed by atoms with Gasteiger partial charge in [0.2, 0.25) is 5.09 Å². The summed E-state index contributed by atoms with van der Waals surface area (Å²) in [6, 6.07) is 7.92. The molecule has 2 heterocycles. The SMILES string of the molecule is CNS(=O)(=O)c1ccc(C(=O)Nc2ccc3c(c2)CC(C)O3)o1. The summed E-state index contributed by atoms with van der Waals surface area (Å²) >= 11 is 0. The summed E-state index contributed by atoms with van der Waals surface area (Å²) in [7, 11) is -2.44. The highest BCUT2D eigenvalue weighted by Crippen LogP contribution is 2.31. The normalized spacial score (nSPS) is 16.7. The van der Waals surface area contributed by atoms with Crippen LogP contribution in [0.5, 0.6) is 5.75 Å². The fourth-order valence-electron chi connectivity index (χ4n) is 2.38. The zero-order valence-electron chi connectivity index (χ0n) is 12.6. The van der Waals surface area contributed by atoms with E-state index >= 15 is 0 Å². The van der Waals surface area contributed by atoms with E-state index in [1.807, 2.05) is 13.0 Å². The molecule has 0 saturated carbocycles. The van der Waals surface area contributed by atoms with Gasteiger partial charge in [-0.1, -0.05) is 0 Å². The van der Waals surface area contributed by atoms with Crippen LogP contribution in [0.1, 0.15) is 23.0 Å². The molecule has 122 valence electrons. The van der Waals surface area contributed by atoms with E-state index in [0.717, 1.165) is 17.7 Å². The molecule has 1 aromatic heterocycles. The lowest BCUT2D eigenvalue weighted by Crippen LogP contribution is -2.18. The molecular formula is C15H16N2O5S. The van der Waals surface area contributed by atoms with Gasteiger partial charge in [-0.25, -0.2) is 13.1 Å². The first-order chi connectivity index (χ1) is 10.9. The minimum absolute atomic E-state index is 0.0797. The fraction of sp³-hybridized carbons (Fsp3) is 0.267. The van der Waals surface area contributed by atoms with E-state index in [0.29, 0.717) is 5.69 Å². The molecule has 0 saturated heterocycles. The molecule has 2 aromatic rings. The molecule has 0 bridgehead atoms. The van der Waals surface area contributed by atoms with Crippen molar-refractivity contribution in [2.45, 2.75) is 24.5 Å². The van der Waals surface area contributed by atoms with Crippen molar-refractivity contribution in [2.75, 3.05) is 12.4 Å². The van der Waals surface area contributed by atoms with Gasteiger partial charge in [0.25, 0.3) is 15.9 Å². The van der Waals surface area contributed by atoms with Crippen LogP contribution in [-0.2, 0) is 16.4 Å². The Kier molecular flexibility index (Phi) is 3.87. The Labute approximate surface area is 133 Å². The monoisotopic (exact) mass is 336 g/mol. The van der Waals surface area contributed by atoms with Gasteiger partial charge in [-0.15, -0.1) is 0 Å². The van der Waals surface area contributed by atoms with Gasteiger partial charge < -0.3 is 14.5 Å². The molecule has 2 N–H and O–H groups in total. The summed E-state index contributed by atoms with van der Waals surface area (Å²) in [5.41, 5.74) is 1.62. The van der Waals surface area contributed by atoms with Gasteiger partial charge in [-0.05, 0) is 49.9 Å². The molecule has 0 fully saturated rings. The number of hydrogen-bond acceptors (Lipinski definition) is 5. The van der Waals surface area contributed by atoms with E-state index in [1.54, 1.807) is 12.1 Å². The first-order valence-electron chi connectivity index (χ1n) is 7.03. The highest BCUT2D eigenvalue weighted by molar-refractivity contribution is 7.89. The van der Waals surface area contributed by atoms with Crippen molar-refractivity contribution >= 4 is 21.6 Å². The highest BCUT2D eigenvalue weighted by Gasteiger charge is 2.21. The maximum Gasteiger partial charge on any atom is 0.291 e. The van der Waals surface area contributed by atoms with Gasteiger partial charge in [0, 0.05) is 12.1 Å². The van der Waals surface area contributed by atoms with E-state index in [2.05, 4.69) is 10.0 Å². The van der Waals surface area contributed by atoms with Crippen molar-refractivity contribution in [3.05, 3.63) is 41.7 Å². The van der Waals surface area contributed by atoms with Crippen molar-refractivity contribution in [3.63, 3.8) is 0 Å². The van der Waals surface area contributed by atoms with E-state index in [1.165, 1.54) is 19.2 Å². The lowest BCUT2D eigenvalue weighted by atomic mass is 10.1. The molecule has 23 heavy (non-hydrogen) atoms. The molecular weight excluding hydrogens is 320 g/mol. The maximum atomic E-state index is 12.2. The lowest BCUT2D eigenvalue weighted by molar-refractivity contribution is 0.0991. The standard InChI is InChI=1S/C15H16N2O5S/c1-9-7-10-8-11(3-4-12(10)21-9)17-15(18)13-5-6-14(22-13)23(19,20)16-2/h3-6,8-9,16H,7H2,1-2H3,(H,17,18). The van der Waals surface area contributed by atoms with E-state index < -0.39 is 15.9 Å². The Balaban J connectivity index is 1.77. The third-order valence-electron chi connectivity index (χ3n) is 3.49. The maximum absolute atomic E-state index is 12.2. The number of sulfonamides is 1. The van der Waals surface area contributed by atoms with Gasteiger partial charge in [0.05, 0.1) is 0 Å². The minimum Gasteiger partial charge on any atom is -0.490 e. The van der Waals surface area contributed by atoms with Crippen LogP contribution in [0.2, 0.25) is 0 Å². The largest absolute Gasteiger partial charge is 0.490 e. The van der Waals surface area contributed by atoms with Crippen molar-refractivity contribution < 1.29 is 22.4 Å². The van der Waals surface area contributed by atoms with Crippen LogP contribution in [0.25, 0.3) is 0 Å². The number of fused-ring (bicyclic) bond motifs is 1. The Bertz CT molecular complexity index is 857. The molecule has 3 rings (SSSR count). The zero-order chi connectivity index (χ0) is 16.6. The molecule has 1 atom stereocenters. The van der Waals surface area contributed by atoms with Crippen LogP contribution in [-0.4, -0.2) is 27.5 Å². The Morgan fingerprint density at radius 1 is 1.26 bits per heavy atom. The second-order valence-electron chi connectivity index (χ2n) is 5.24. The molecule has 7 nitrogen and oxygen atoms in total. The molecule has 8 heteroatoms. The number of rotatable bonds is 4. The molecule has 1 aromatic carbocycles. The second-order valence-corrected chi connectivity index (χ2v) is 7.05. The van der Waals surface area contributed by atoms with Crippen LogP contribution in [0.3, 0.4) is 0 Å². The van der Waals surface area contributed by atoms with Crippen LogP contribution in [0, 0.1) is 0 Å². The van der Waals surface area contributed by atoms with Gasteiger partial charge in [0.1, 0.15) is 11.9 Å². The van der Waals surface area contributed by atoms with Crippen LogP contribution in [0.15, 0.2) is 39.8 Å². The quantitative estimate of drug-likeness (QED) is 0.887. The minimum atomic E-state index is -3.71. The van der Waals surface area contributed by atoms with Gasteiger partial charge in [-0.2, -0.15) is 0 Å². The predicted molar refractivity (Wildman–Crippen MR) is 83.1 cm³/mol.